The van der Waals surface area contributed by atoms with E-state index in [0.29, 0.717) is 22.9 Å². The van der Waals surface area contributed by atoms with Gasteiger partial charge in [-0.3, -0.25) is 0 Å². The molecule has 0 aliphatic carbocycles. The van der Waals surface area contributed by atoms with E-state index in [9.17, 15) is 9.50 Å². The predicted molar refractivity (Wildman–Crippen MR) is 69.5 cm³/mol. The van der Waals surface area contributed by atoms with Gasteiger partial charge in [-0.05, 0) is 37.0 Å². The minimum Gasteiger partial charge on any atom is -0.397 e. The maximum Gasteiger partial charge on any atom is 0.128 e. The largest absolute Gasteiger partial charge is 0.397 e. The molecule has 1 unspecified atom stereocenters. The van der Waals surface area contributed by atoms with Crippen LogP contribution in [0.2, 0.25) is 0 Å². The van der Waals surface area contributed by atoms with Crippen molar-refractivity contribution < 1.29 is 9.50 Å². The lowest BCUT2D eigenvalue weighted by Crippen LogP contribution is -2.26. The molecule has 0 saturated heterocycles. The lowest BCUT2D eigenvalue weighted by molar-refractivity contribution is 0.259. The molecule has 17 heavy (non-hydrogen) atoms. The summed E-state index contributed by atoms with van der Waals surface area (Å²) in [5, 5.41) is 12.4. The van der Waals surface area contributed by atoms with Gasteiger partial charge in [0.2, 0.25) is 0 Å². The Morgan fingerprint density at radius 2 is 2.06 bits per heavy atom. The van der Waals surface area contributed by atoms with E-state index in [1.165, 1.54) is 6.07 Å². The van der Waals surface area contributed by atoms with Crippen LogP contribution in [0.5, 0.6) is 0 Å². The summed E-state index contributed by atoms with van der Waals surface area (Å²) < 4.78 is 13.2. The van der Waals surface area contributed by atoms with Gasteiger partial charge in [-0.1, -0.05) is 13.8 Å². The summed E-state index contributed by atoms with van der Waals surface area (Å²) in [5.41, 5.74) is 7.34. The van der Waals surface area contributed by atoms with Crippen LogP contribution < -0.4 is 11.1 Å². The van der Waals surface area contributed by atoms with Gasteiger partial charge in [0, 0.05) is 6.04 Å². The summed E-state index contributed by atoms with van der Waals surface area (Å²) in [6, 6.07) is 2.93. The molecule has 4 N–H and O–H groups in total. The van der Waals surface area contributed by atoms with Gasteiger partial charge in [-0.25, -0.2) is 4.39 Å². The third-order valence-electron chi connectivity index (χ3n) is 2.67. The van der Waals surface area contributed by atoms with Crippen molar-refractivity contribution in [3.8, 4) is 0 Å². The van der Waals surface area contributed by atoms with Gasteiger partial charge in [-0.2, -0.15) is 0 Å². The lowest BCUT2D eigenvalue weighted by atomic mass is 10.0. The molecule has 0 aromatic heterocycles. The highest BCUT2D eigenvalue weighted by Gasteiger charge is 2.12. The van der Waals surface area contributed by atoms with Crippen molar-refractivity contribution in [2.75, 3.05) is 17.7 Å². The number of anilines is 2. The number of aryl methyl sites for hydroxylation is 1. The monoisotopic (exact) mass is 240 g/mol. The van der Waals surface area contributed by atoms with Crippen LogP contribution in [0, 0.1) is 18.7 Å². The van der Waals surface area contributed by atoms with E-state index in [2.05, 4.69) is 19.2 Å². The molecule has 0 spiro atoms. The molecular weight excluding hydrogens is 219 g/mol. The van der Waals surface area contributed by atoms with E-state index in [-0.39, 0.29) is 18.5 Å². The number of nitrogen functional groups attached to an aromatic ring is 1. The average molecular weight is 240 g/mol. The highest BCUT2D eigenvalue weighted by molar-refractivity contribution is 5.67. The third kappa shape index (κ3) is 3.89. The molecule has 4 heteroatoms. The fourth-order valence-electron chi connectivity index (χ4n) is 1.79. The molecular formula is C13H21FN2O. The minimum atomic E-state index is -0.308. The van der Waals surface area contributed by atoms with Crippen LogP contribution in [0.25, 0.3) is 0 Å². The van der Waals surface area contributed by atoms with Crippen molar-refractivity contribution in [3.63, 3.8) is 0 Å². The Labute approximate surface area is 102 Å². The molecule has 0 saturated carbocycles. The highest BCUT2D eigenvalue weighted by atomic mass is 19.1. The molecule has 0 aliphatic rings. The van der Waals surface area contributed by atoms with E-state index >= 15 is 0 Å². The number of nitrogens with two attached hydrogens (primary N) is 1. The molecule has 0 heterocycles. The molecule has 3 nitrogen and oxygen atoms in total. The lowest BCUT2D eigenvalue weighted by Gasteiger charge is -2.21. The molecule has 0 aliphatic heterocycles. The second-order valence-electron chi connectivity index (χ2n) is 4.84. The Morgan fingerprint density at radius 1 is 1.41 bits per heavy atom. The van der Waals surface area contributed by atoms with Gasteiger partial charge in [0.05, 0.1) is 18.0 Å². The number of hydrogen-bond acceptors (Lipinski definition) is 3. The van der Waals surface area contributed by atoms with Crippen LogP contribution in [0.3, 0.4) is 0 Å². The molecule has 0 fully saturated rings. The van der Waals surface area contributed by atoms with Crippen LogP contribution in [-0.2, 0) is 0 Å². The van der Waals surface area contributed by atoms with Gasteiger partial charge in [0.15, 0.2) is 0 Å². The number of hydrogen-bond donors (Lipinski definition) is 3. The Bertz CT molecular complexity index is 380. The number of benzene rings is 1. The van der Waals surface area contributed by atoms with Crippen molar-refractivity contribution in [1.82, 2.24) is 0 Å². The summed E-state index contributed by atoms with van der Waals surface area (Å²) in [6.07, 6.45) is 0.840. The topological polar surface area (TPSA) is 58.3 Å². The summed E-state index contributed by atoms with van der Waals surface area (Å²) in [4.78, 5) is 0. The Balaban J connectivity index is 2.82. The summed E-state index contributed by atoms with van der Waals surface area (Å²) in [5.74, 6) is 0.167. The highest BCUT2D eigenvalue weighted by Crippen LogP contribution is 2.24. The van der Waals surface area contributed by atoms with Crippen LogP contribution in [0.4, 0.5) is 15.8 Å². The Kier molecular flexibility index (Phi) is 4.75. The summed E-state index contributed by atoms with van der Waals surface area (Å²) in [6.45, 7) is 5.90. The zero-order valence-electron chi connectivity index (χ0n) is 10.6. The predicted octanol–water partition coefficient (Wildman–Crippen LogP) is 2.54. The van der Waals surface area contributed by atoms with Gasteiger partial charge in [0.25, 0.3) is 0 Å². The second kappa shape index (κ2) is 5.87. The Morgan fingerprint density at radius 3 is 2.59 bits per heavy atom. The zero-order chi connectivity index (χ0) is 13.0. The number of nitrogens with one attached hydrogen (secondary N) is 1. The van der Waals surface area contributed by atoms with Crippen molar-refractivity contribution in [2.45, 2.75) is 33.2 Å². The maximum atomic E-state index is 13.2. The normalized spacial score (nSPS) is 12.8. The van der Waals surface area contributed by atoms with Crippen LogP contribution in [0.15, 0.2) is 12.1 Å². The zero-order valence-corrected chi connectivity index (χ0v) is 10.6. The average Bonchev–Trinajstić information content (AvgIpc) is 2.24. The molecule has 0 bridgehead atoms. The first kappa shape index (κ1) is 13.8. The smallest absolute Gasteiger partial charge is 0.128 e. The second-order valence-corrected chi connectivity index (χ2v) is 4.84. The number of halogens is 1. The summed E-state index contributed by atoms with van der Waals surface area (Å²) >= 11 is 0. The SMILES string of the molecule is Cc1cc(NC(CO)CC(C)C)c(N)cc1F. The Hall–Kier alpha value is -1.29. The molecule has 96 valence electrons. The van der Waals surface area contributed by atoms with Gasteiger partial charge >= 0.3 is 0 Å². The number of rotatable bonds is 5. The van der Waals surface area contributed by atoms with Crippen LogP contribution in [0.1, 0.15) is 25.8 Å². The van der Waals surface area contributed by atoms with E-state index in [0.717, 1.165) is 6.42 Å². The fourth-order valence-corrected chi connectivity index (χ4v) is 1.79. The van der Waals surface area contributed by atoms with Gasteiger partial charge < -0.3 is 16.2 Å². The molecule has 1 rings (SSSR count). The fraction of sp³-hybridized carbons (Fsp3) is 0.538. The van der Waals surface area contributed by atoms with Crippen molar-refractivity contribution in [1.29, 1.82) is 0 Å². The molecule has 0 amide bonds. The van der Waals surface area contributed by atoms with E-state index in [4.69, 9.17) is 5.73 Å². The first-order chi connectivity index (χ1) is 7.93. The third-order valence-corrected chi connectivity index (χ3v) is 2.67. The number of aliphatic hydroxyl groups excluding tert-OH is 1. The van der Waals surface area contributed by atoms with E-state index < -0.39 is 0 Å². The van der Waals surface area contributed by atoms with E-state index in [1.807, 2.05) is 0 Å². The molecule has 1 atom stereocenters. The first-order valence-electron chi connectivity index (χ1n) is 5.87. The van der Waals surface area contributed by atoms with E-state index in [1.54, 1.807) is 13.0 Å². The minimum absolute atomic E-state index is 0.0358. The summed E-state index contributed by atoms with van der Waals surface area (Å²) in [7, 11) is 0. The van der Waals surface area contributed by atoms with Crippen LogP contribution in [-0.4, -0.2) is 17.8 Å². The van der Waals surface area contributed by atoms with Crippen molar-refractivity contribution in [3.05, 3.63) is 23.5 Å². The first-order valence-corrected chi connectivity index (χ1v) is 5.87. The van der Waals surface area contributed by atoms with Gasteiger partial charge in [0.1, 0.15) is 5.82 Å². The molecule has 0 radical (unpaired) electrons. The standard InChI is InChI=1S/C13H21FN2O/c1-8(2)4-10(7-17)16-13-5-9(3)11(14)6-12(13)15/h5-6,8,10,16-17H,4,7,15H2,1-3H3. The number of aliphatic hydroxyl groups is 1. The van der Waals surface area contributed by atoms with Crippen molar-refractivity contribution >= 4 is 11.4 Å². The van der Waals surface area contributed by atoms with Crippen molar-refractivity contribution in [2.24, 2.45) is 5.92 Å². The quantitative estimate of drug-likeness (QED) is 0.693. The molecule has 1 aromatic carbocycles. The molecule has 1 aromatic rings. The van der Waals surface area contributed by atoms with Crippen LogP contribution >= 0.6 is 0 Å². The maximum absolute atomic E-state index is 13.2. The van der Waals surface area contributed by atoms with Gasteiger partial charge in [-0.15, -0.1) is 0 Å².